The van der Waals surface area contributed by atoms with Gasteiger partial charge in [-0.3, -0.25) is 34.0 Å². The van der Waals surface area contributed by atoms with Crippen LogP contribution in [-0.2, 0) is 24.4 Å². The number of carbonyl (C=O) groups is 3. The Hall–Kier alpha value is -1.88. The maximum atomic E-state index is 12.9. The molecule has 0 saturated carbocycles. The summed E-state index contributed by atoms with van der Waals surface area (Å²) in [5.41, 5.74) is 0. The highest BCUT2D eigenvalue weighted by Gasteiger charge is 2.34. The van der Waals surface area contributed by atoms with Gasteiger partial charge in [-0.25, -0.2) is 8.42 Å². The second-order valence-electron chi connectivity index (χ2n) is 9.52. The normalized spacial score (nSPS) is 21.3. The largest absolute Gasteiger partial charge is 0.480 e. The molecule has 0 aromatic rings. The van der Waals surface area contributed by atoms with Crippen LogP contribution in [0.3, 0.4) is 0 Å². The Morgan fingerprint density at radius 1 is 0.865 bits per heavy atom. The van der Waals surface area contributed by atoms with Crippen LogP contribution >= 0.6 is 0 Å². The molecule has 2 unspecified atom stereocenters. The molecule has 4 N–H and O–H groups in total. The first kappa shape index (κ1) is 33.1. The van der Waals surface area contributed by atoms with Crippen LogP contribution in [0, 0.1) is 0 Å². The lowest BCUT2D eigenvalue weighted by Gasteiger charge is -2.42. The number of β-amino-alcohol motifs (C(OH)–C–C–N with tert-alkyl or cyclic N) is 1. The zero-order valence-corrected chi connectivity index (χ0v) is 22.8. The van der Waals surface area contributed by atoms with Crippen molar-refractivity contribution in [2.45, 2.75) is 39.0 Å². The lowest BCUT2D eigenvalue weighted by atomic mass is 10.2. The number of aliphatic hydroxyl groups excluding tert-OH is 1. The van der Waals surface area contributed by atoms with Crippen LogP contribution < -0.4 is 0 Å². The summed E-state index contributed by atoms with van der Waals surface area (Å²) in [6.07, 6.45) is 0.685. The van der Waals surface area contributed by atoms with E-state index < -0.39 is 46.7 Å². The first-order valence-corrected chi connectivity index (χ1v) is 14.3. The van der Waals surface area contributed by atoms with E-state index in [4.69, 9.17) is 0 Å². The van der Waals surface area contributed by atoms with Gasteiger partial charge in [-0.05, 0) is 13.3 Å². The third-order valence-corrected chi connectivity index (χ3v) is 7.36. The van der Waals surface area contributed by atoms with Gasteiger partial charge in [0, 0.05) is 58.9 Å². The summed E-state index contributed by atoms with van der Waals surface area (Å²) in [7, 11) is -3.77. The highest BCUT2D eigenvalue weighted by molar-refractivity contribution is 7.88. The second-order valence-corrected chi connectivity index (χ2v) is 11.5. The van der Waals surface area contributed by atoms with Crippen molar-refractivity contribution in [2.75, 3.05) is 84.8 Å². The first-order chi connectivity index (χ1) is 17.2. The number of hydrogen-bond donors (Lipinski definition) is 4. The van der Waals surface area contributed by atoms with Crippen LogP contribution in [0.15, 0.2) is 0 Å². The molecule has 0 aromatic heterocycles. The molecule has 0 aliphatic carbocycles. The Labute approximate surface area is 219 Å². The van der Waals surface area contributed by atoms with E-state index in [1.165, 1.54) is 9.21 Å². The molecular weight excluding hydrogens is 510 g/mol. The van der Waals surface area contributed by atoms with Gasteiger partial charge >= 0.3 is 17.9 Å². The summed E-state index contributed by atoms with van der Waals surface area (Å²) in [5, 5.41) is 38.5. The number of nitrogens with zero attached hydrogens (tertiary/aromatic N) is 5. The molecule has 216 valence electrons. The molecule has 0 amide bonds. The maximum Gasteiger partial charge on any atom is 0.317 e. The fourth-order valence-corrected chi connectivity index (χ4v) is 5.47. The van der Waals surface area contributed by atoms with Gasteiger partial charge < -0.3 is 20.4 Å². The summed E-state index contributed by atoms with van der Waals surface area (Å²) < 4.78 is 27.0. The number of aliphatic carboxylic acids is 3. The maximum absolute atomic E-state index is 12.9. The number of aliphatic hydroxyl groups is 1. The Bertz CT molecular complexity index is 842. The number of carboxylic acid groups (broad SMARTS) is 3. The van der Waals surface area contributed by atoms with Gasteiger partial charge in [-0.15, -0.1) is 0 Å². The molecule has 1 rings (SSSR count). The van der Waals surface area contributed by atoms with E-state index >= 15 is 0 Å². The highest BCUT2D eigenvalue weighted by Crippen LogP contribution is 2.16. The standard InChI is InChI=1S/C22H43N5O9S/c1-4-5-6-27(37(3,35)36)19-14-25(13-18(2)28)10-9-23(15-20(29)30)7-8-24(16-21(31)32)11-12-26(19)17-22(33)34/h18-19,28H,4-17H2,1-3H3,(H,29,30)(H,31,32)(H,33,34). The number of carboxylic acids is 3. The van der Waals surface area contributed by atoms with E-state index in [-0.39, 0.29) is 65.4 Å². The van der Waals surface area contributed by atoms with Gasteiger partial charge in [0.15, 0.2) is 0 Å². The summed E-state index contributed by atoms with van der Waals surface area (Å²) in [6, 6.07) is 0. The predicted octanol–water partition coefficient (Wildman–Crippen LogP) is -1.77. The van der Waals surface area contributed by atoms with E-state index in [9.17, 15) is 43.2 Å². The SMILES string of the molecule is CCCCN(C1CN(CC(C)O)CCN(CC(=O)O)CCN(CC(=O)O)CCN1CC(=O)O)S(C)(=O)=O. The summed E-state index contributed by atoms with van der Waals surface area (Å²) in [6.45, 7) is 4.16. The van der Waals surface area contributed by atoms with Crippen molar-refractivity contribution in [3.05, 3.63) is 0 Å². The Morgan fingerprint density at radius 3 is 1.73 bits per heavy atom. The number of sulfonamides is 1. The molecule has 1 saturated heterocycles. The average Bonchev–Trinajstić information content (AvgIpc) is 2.74. The van der Waals surface area contributed by atoms with Gasteiger partial charge in [0.2, 0.25) is 10.0 Å². The monoisotopic (exact) mass is 553 g/mol. The third kappa shape index (κ3) is 13.5. The fourth-order valence-electron chi connectivity index (χ4n) is 4.37. The lowest BCUT2D eigenvalue weighted by Crippen LogP contribution is -2.60. The van der Waals surface area contributed by atoms with Gasteiger partial charge in [0.25, 0.3) is 0 Å². The second kappa shape index (κ2) is 16.2. The number of hydrogen-bond acceptors (Lipinski definition) is 10. The first-order valence-electron chi connectivity index (χ1n) is 12.4. The molecule has 0 bridgehead atoms. The van der Waals surface area contributed by atoms with Crippen molar-refractivity contribution in [3.8, 4) is 0 Å². The molecule has 37 heavy (non-hydrogen) atoms. The van der Waals surface area contributed by atoms with Crippen molar-refractivity contribution in [1.29, 1.82) is 0 Å². The summed E-state index contributed by atoms with van der Waals surface area (Å²) >= 11 is 0. The summed E-state index contributed by atoms with van der Waals surface area (Å²) in [4.78, 5) is 41.3. The van der Waals surface area contributed by atoms with Gasteiger partial charge in [0.1, 0.15) is 0 Å². The predicted molar refractivity (Wildman–Crippen MR) is 136 cm³/mol. The van der Waals surface area contributed by atoms with E-state index in [1.807, 2.05) is 11.8 Å². The molecule has 0 radical (unpaired) electrons. The zero-order valence-electron chi connectivity index (χ0n) is 22.0. The van der Waals surface area contributed by atoms with Gasteiger partial charge in [-0.2, -0.15) is 4.31 Å². The molecule has 1 aliphatic rings. The Balaban J connectivity index is 3.51. The van der Waals surface area contributed by atoms with Crippen molar-refractivity contribution in [2.24, 2.45) is 0 Å². The fraction of sp³-hybridized carbons (Fsp3) is 0.864. The van der Waals surface area contributed by atoms with Crippen LogP contribution in [-0.4, -0.2) is 168 Å². The van der Waals surface area contributed by atoms with Crippen LogP contribution in [0.1, 0.15) is 26.7 Å². The topological polar surface area (TPSA) is 182 Å². The number of rotatable bonds is 13. The van der Waals surface area contributed by atoms with E-state index in [0.717, 1.165) is 6.26 Å². The minimum Gasteiger partial charge on any atom is -0.480 e. The zero-order chi connectivity index (χ0) is 28.2. The van der Waals surface area contributed by atoms with Crippen LogP contribution in [0.2, 0.25) is 0 Å². The molecular formula is C22H43N5O9S. The molecule has 2 atom stereocenters. The Morgan fingerprint density at radius 2 is 1.32 bits per heavy atom. The van der Waals surface area contributed by atoms with Gasteiger partial charge in [-0.1, -0.05) is 13.3 Å². The van der Waals surface area contributed by atoms with Crippen molar-refractivity contribution in [3.63, 3.8) is 0 Å². The van der Waals surface area contributed by atoms with Gasteiger partial charge in [0.05, 0.1) is 38.2 Å². The molecule has 1 fully saturated rings. The summed E-state index contributed by atoms with van der Waals surface area (Å²) in [5.74, 6) is -3.27. The molecule has 0 aromatic carbocycles. The lowest BCUT2D eigenvalue weighted by molar-refractivity contribution is -0.141. The molecule has 1 heterocycles. The quantitative estimate of drug-likeness (QED) is 0.201. The van der Waals surface area contributed by atoms with E-state index in [1.54, 1.807) is 16.7 Å². The minimum absolute atomic E-state index is 0.0733. The number of unbranched alkanes of at least 4 members (excludes halogenated alkanes) is 1. The van der Waals surface area contributed by atoms with E-state index in [2.05, 4.69) is 0 Å². The van der Waals surface area contributed by atoms with Crippen LogP contribution in [0.5, 0.6) is 0 Å². The van der Waals surface area contributed by atoms with Crippen molar-refractivity contribution in [1.82, 2.24) is 23.9 Å². The van der Waals surface area contributed by atoms with Crippen LogP contribution in [0.4, 0.5) is 0 Å². The van der Waals surface area contributed by atoms with Crippen LogP contribution in [0.25, 0.3) is 0 Å². The molecule has 14 nitrogen and oxygen atoms in total. The molecule has 15 heteroatoms. The van der Waals surface area contributed by atoms with Crippen molar-refractivity contribution >= 4 is 27.9 Å². The minimum atomic E-state index is -3.77. The van der Waals surface area contributed by atoms with Crippen molar-refractivity contribution < 1.29 is 43.2 Å². The van der Waals surface area contributed by atoms with E-state index in [0.29, 0.717) is 19.4 Å². The average molecular weight is 554 g/mol. The highest BCUT2D eigenvalue weighted by atomic mass is 32.2. The Kier molecular flexibility index (Phi) is 14.5. The smallest absolute Gasteiger partial charge is 0.317 e. The molecule has 1 aliphatic heterocycles. The third-order valence-electron chi connectivity index (χ3n) is 6.08. The molecule has 0 spiro atoms.